The summed E-state index contributed by atoms with van der Waals surface area (Å²) in [6.07, 6.45) is 4.68. The Balaban J connectivity index is 2.22. The van der Waals surface area contributed by atoms with E-state index in [-0.39, 0.29) is 5.91 Å². The minimum Gasteiger partial charge on any atom is -0.389 e. The molecule has 1 aliphatic carbocycles. The largest absolute Gasteiger partial charge is 0.389 e. The van der Waals surface area contributed by atoms with Crippen LogP contribution in [0, 0.1) is 0 Å². The zero-order valence-electron chi connectivity index (χ0n) is 10.6. The first-order chi connectivity index (χ1) is 7.37. The standard InChI is InChI=1S/C12H24N2O2/c1-12(2,16)9-14(3)8-11(15)13-10-6-4-5-7-10/h10,16H,4-9H2,1-3H3,(H,13,15). The third-order valence-corrected chi connectivity index (χ3v) is 2.79. The first-order valence-electron chi connectivity index (χ1n) is 6.07. The molecule has 4 heteroatoms. The highest BCUT2D eigenvalue weighted by atomic mass is 16.3. The predicted octanol–water partition coefficient (Wildman–Crippen LogP) is 0.748. The molecule has 1 aliphatic rings. The fraction of sp³-hybridized carbons (Fsp3) is 0.917. The molecule has 4 nitrogen and oxygen atoms in total. The second-order valence-electron chi connectivity index (χ2n) is 5.53. The van der Waals surface area contributed by atoms with E-state index < -0.39 is 5.60 Å². The number of hydrogen-bond acceptors (Lipinski definition) is 3. The highest BCUT2D eigenvalue weighted by Gasteiger charge is 2.20. The van der Waals surface area contributed by atoms with E-state index in [0.717, 1.165) is 12.8 Å². The lowest BCUT2D eigenvalue weighted by Crippen LogP contribution is -2.44. The number of likely N-dealkylation sites (N-methyl/N-ethyl adjacent to an activating group) is 1. The maximum Gasteiger partial charge on any atom is 0.234 e. The summed E-state index contributed by atoms with van der Waals surface area (Å²) in [7, 11) is 1.85. The van der Waals surface area contributed by atoms with Crippen molar-refractivity contribution in [1.29, 1.82) is 0 Å². The molecule has 0 radical (unpaired) electrons. The van der Waals surface area contributed by atoms with Gasteiger partial charge in [-0.1, -0.05) is 12.8 Å². The number of nitrogens with one attached hydrogen (secondary N) is 1. The summed E-state index contributed by atoms with van der Waals surface area (Å²) < 4.78 is 0. The lowest BCUT2D eigenvalue weighted by atomic mass is 10.1. The number of aliphatic hydroxyl groups is 1. The lowest BCUT2D eigenvalue weighted by Gasteiger charge is -2.25. The van der Waals surface area contributed by atoms with E-state index in [1.54, 1.807) is 13.8 Å². The maximum atomic E-state index is 11.7. The van der Waals surface area contributed by atoms with Gasteiger partial charge in [-0.15, -0.1) is 0 Å². The van der Waals surface area contributed by atoms with Crippen LogP contribution < -0.4 is 5.32 Å². The number of carbonyl (C=O) groups is 1. The molecule has 2 N–H and O–H groups in total. The van der Waals surface area contributed by atoms with Gasteiger partial charge in [0.15, 0.2) is 0 Å². The summed E-state index contributed by atoms with van der Waals surface area (Å²) in [5, 5.41) is 12.6. The molecule has 1 fully saturated rings. The van der Waals surface area contributed by atoms with Crippen LogP contribution in [0.2, 0.25) is 0 Å². The van der Waals surface area contributed by atoms with Crippen molar-refractivity contribution in [3.8, 4) is 0 Å². The topological polar surface area (TPSA) is 52.6 Å². The van der Waals surface area contributed by atoms with Crippen molar-refractivity contribution in [2.24, 2.45) is 0 Å². The average molecular weight is 228 g/mol. The maximum absolute atomic E-state index is 11.7. The van der Waals surface area contributed by atoms with Gasteiger partial charge in [-0.25, -0.2) is 0 Å². The van der Waals surface area contributed by atoms with Gasteiger partial charge in [-0.05, 0) is 33.7 Å². The Labute approximate surface area is 98.0 Å². The lowest BCUT2D eigenvalue weighted by molar-refractivity contribution is -0.123. The zero-order chi connectivity index (χ0) is 12.2. The van der Waals surface area contributed by atoms with Crippen molar-refractivity contribution in [2.45, 2.75) is 51.2 Å². The van der Waals surface area contributed by atoms with E-state index in [9.17, 15) is 9.90 Å². The van der Waals surface area contributed by atoms with Gasteiger partial charge in [0, 0.05) is 12.6 Å². The van der Waals surface area contributed by atoms with Crippen LogP contribution in [0.5, 0.6) is 0 Å². The molecule has 1 rings (SSSR count). The Morgan fingerprint density at radius 2 is 2.00 bits per heavy atom. The second kappa shape index (κ2) is 5.64. The van der Waals surface area contributed by atoms with Crippen molar-refractivity contribution in [2.75, 3.05) is 20.1 Å². The van der Waals surface area contributed by atoms with Gasteiger partial charge in [0.25, 0.3) is 0 Å². The van der Waals surface area contributed by atoms with Gasteiger partial charge in [0.2, 0.25) is 5.91 Å². The van der Waals surface area contributed by atoms with Gasteiger partial charge in [0.05, 0.1) is 12.1 Å². The highest BCUT2D eigenvalue weighted by Crippen LogP contribution is 2.17. The monoisotopic (exact) mass is 228 g/mol. The van der Waals surface area contributed by atoms with Crippen LogP contribution in [0.15, 0.2) is 0 Å². The Bertz CT molecular complexity index is 230. The number of nitrogens with zero attached hydrogens (tertiary/aromatic N) is 1. The Kier molecular flexibility index (Phi) is 4.74. The van der Waals surface area contributed by atoms with E-state index in [2.05, 4.69) is 5.32 Å². The van der Waals surface area contributed by atoms with Crippen LogP contribution in [-0.2, 0) is 4.79 Å². The van der Waals surface area contributed by atoms with Gasteiger partial charge < -0.3 is 10.4 Å². The van der Waals surface area contributed by atoms with E-state index in [1.807, 2.05) is 11.9 Å². The normalized spacial score (nSPS) is 18.1. The first kappa shape index (κ1) is 13.5. The van der Waals surface area contributed by atoms with Crippen LogP contribution in [0.1, 0.15) is 39.5 Å². The molecule has 0 spiro atoms. The van der Waals surface area contributed by atoms with Crippen LogP contribution >= 0.6 is 0 Å². The van der Waals surface area contributed by atoms with Crippen molar-refractivity contribution in [1.82, 2.24) is 10.2 Å². The fourth-order valence-electron chi connectivity index (χ4n) is 2.31. The van der Waals surface area contributed by atoms with Gasteiger partial charge in [-0.2, -0.15) is 0 Å². The molecule has 0 unspecified atom stereocenters. The predicted molar refractivity (Wildman–Crippen MR) is 64.2 cm³/mol. The van der Waals surface area contributed by atoms with Crippen LogP contribution in [0.3, 0.4) is 0 Å². The molecule has 0 aliphatic heterocycles. The van der Waals surface area contributed by atoms with E-state index >= 15 is 0 Å². The third kappa shape index (κ3) is 5.47. The molecule has 0 aromatic rings. The molecule has 0 heterocycles. The summed E-state index contributed by atoms with van der Waals surface area (Å²) in [6, 6.07) is 0.378. The van der Waals surface area contributed by atoms with Gasteiger partial charge in [-0.3, -0.25) is 9.69 Å². The van der Waals surface area contributed by atoms with Gasteiger partial charge in [0.1, 0.15) is 0 Å². The molecular weight excluding hydrogens is 204 g/mol. The first-order valence-corrected chi connectivity index (χ1v) is 6.07. The molecule has 0 atom stereocenters. The van der Waals surface area contributed by atoms with Gasteiger partial charge >= 0.3 is 0 Å². The van der Waals surface area contributed by atoms with Crippen molar-refractivity contribution in [3.05, 3.63) is 0 Å². The Hall–Kier alpha value is -0.610. The fourth-order valence-corrected chi connectivity index (χ4v) is 2.31. The van der Waals surface area contributed by atoms with Crippen molar-refractivity contribution in [3.63, 3.8) is 0 Å². The minimum atomic E-state index is -0.748. The quantitative estimate of drug-likeness (QED) is 0.730. The number of rotatable bonds is 5. The minimum absolute atomic E-state index is 0.0682. The Morgan fingerprint density at radius 1 is 1.44 bits per heavy atom. The molecule has 1 amide bonds. The van der Waals surface area contributed by atoms with Crippen molar-refractivity contribution < 1.29 is 9.90 Å². The smallest absolute Gasteiger partial charge is 0.234 e. The molecule has 1 saturated carbocycles. The summed E-state index contributed by atoms with van der Waals surface area (Å²) in [5.74, 6) is 0.0682. The summed E-state index contributed by atoms with van der Waals surface area (Å²) >= 11 is 0. The third-order valence-electron chi connectivity index (χ3n) is 2.79. The van der Waals surface area contributed by atoms with E-state index in [1.165, 1.54) is 12.8 Å². The van der Waals surface area contributed by atoms with E-state index in [0.29, 0.717) is 19.1 Å². The van der Waals surface area contributed by atoms with Crippen LogP contribution in [-0.4, -0.2) is 47.7 Å². The number of hydrogen-bond donors (Lipinski definition) is 2. The second-order valence-corrected chi connectivity index (χ2v) is 5.53. The van der Waals surface area contributed by atoms with Crippen LogP contribution in [0.25, 0.3) is 0 Å². The number of carbonyl (C=O) groups excluding carboxylic acids is 1. The molecule has 0 bridgehead atoms. The Morgan fingerprint density at radius 3 is 2.50 bits per heavy atom. The van der Waals surface area contributed by atoms with E-state index in [4.69, 9.17) is 0 Å². The summed E-state index contributed by atoms with van der Waals surface area (Å²) in [6.45, 7) is 4.36. The molecule has 0 aromatic heterocycles. The molecule has 0 aromatic carbocycles. The number of amides is 1. The SMILES string of the molecule is CN(CC(=O)NC1CCCC1)CC(C)(C)O. The molecule has 16 heavy (non-hydrogen) atoms. The van der Waals surface area contributed by atoms with Crippen LogP contribution in [0.4, 0.5) is 0 Å². The highest BCUT2D eigenvalue weighted by molar-refractivity contribution is 5.78. The molecule has 0 saturated heterocycles. The van der Waals surface area contributed by atoms with Crippen molar-refractivity contribution >= 4 is 5.91 Å². The molecular formula is C12H24N2O2. The molecule has 94 valence electrons. The average Bonchev–Trinajstić information content (AvgIpc) is 2.51. The summed E-state index contributed by atoms with van der Waals surface area (Å²) in [4.78, 5) is 13.5. The summed E-state index contributed by atoms with van der Waals surface area (Å²) in [5.41, 5.74) is -0.748. The zero-order valence-corrected chi connectivity index (χ0v) is 10.6.